The highest BCUT2D eigenvalue weighted by Crippen LogP contribution is 2.33. The van der Waals surface area contributed by atoms with Crippen LogP contribution >= 0.6 is 11.8 Å². The Balaban J connectivity index is 1.37. The fraction of sp³-hybridized carbons (Fsp3) is 0.0357. The molecule has 6 nitrogen and oxygen atoms in total. The molecule has 0 heterocycles. The summed E-state index contributed by atoms with van der Waals surface area (Å²) < 4.78 is 11.7. The fourth-order valence-electron chi connectivity index (χ4n) is 3.21. The SMILES string of the molecule is C/N=C\c1ccc(Oc2ccc(Sc3ccc(Oc4ccc(C#N)c(C#N)c4)cc3)cc2)cc1N. The molecule has 0 atom stereocenters. The standard InChI is InChI=1S/C28H20N4O2S/c1-32-18-20-3-5-25(15-28(20)31)34-23-8-12-27(13-9-23)35-26-10-6-22(7-11-26)33-24-4-2-19(16-29)21(14-24)17-30/h2-15,18H,31H2,1H3/b32-18-. The molecule has 4 aromatic rings. The quantitative estimate of drug-likeness (QED) is 0.232. The molecule has 0 aliphatic rings. The number of aliphatic imine (C=N–C) groups is 1. The van der Waals surface area contributed by atoms with Crippen molar-refractivity contribution >= 4 is 23.7 Å². The minimum absolute atomic E-state index is 0.288. The van der Waals surface area contributed by atoms with Crippen LogP contribution in [0.15, 0.2) is 99.7 Å². The second-order valence-electron chi connectivity index (χ2n) is 7.36. The van der Waals surface area contributed by atoms with Gasteiger partial charge < -0.3 is 15.2 Å². The molecule has 0 radical (unpaired) electrons. The largest absolute Gasteiger partial charge is 0.457 e. The molecule has 0 saturated carbocycles. The zero-order valence-electron chi connectivity index (χ0n) is 18.8. The van der Waals surface area contributed by atoms with E-state index in [1.165, 1.54) is 0 Å². The lowest BCUT2D eigenvalue weighted by Crippen LogP contribution is -1.94. The Hall–Kier alpha value is -4.72. The first-order valence-electron chi connectivity index (χ1n) is 10.6. The van der Waals surface area contributed by atoms with Gasteiger partial charge in [-0.25, -0.2) is 0 Å². The van der Waals surface area contributed by atoms with Gasteiger partial charge in [-0.15, -0.1) is 0 Å². The van der Waals surface area contributed by atoms with E-state index in [2.05, 4.69) is 4.99 Å². The predicted molar refractivity (Wildman–Crippen MR) is 137 cm³/mol. The van der Waals surface area contributed by atoms with Crippen molar-refractivity contribution in [1.82, 2.24) is 0 Å². The van der Waals surface area contributed by atoms with Gasteiger partial charge in [-0.3, -0.25) is 4.99 Å². The van der Waals surface area contributed by atoms with Crippen molar-refractivity contribution in [3.8, 4) is 35.1 Å². The van der Waals surface area contributed by atoms with E-state index in [9.17, 15) is 0 Å². The Bertz CT molecular complexity index is 1450. The van der Waals surface area contributed by atoms with Crippen LogP contribution < -0.4 is 15.2 Å². The first kappa shape index (κ1) is 23.4. The van der Waals surface area contributed by atoms with Crippen LogP contribution in [0.3, 0.4) is 0 Å². The number of anilines is 1. The summed E-state index contributed by atoms with van der Waals surface area (Å²) in [5.41, 5.74) is 8.12. The van der Waals surface area contributed by atoms with E-state index in [1.54, 1.807) is 49.3 Å². The lowest BCUT2D eigenvalue weighted by molar-refractivity contribution is 0.482. The van der Waals surface area contributed by atoms with Gasteiger partial charge in [0.2, 0.25) is 0 Å². The van der Waals surface area contributed by atoms with E-state index in [0.29, 0.717) is 34.2 Å². The number of benzene rings is 4. The van der Waals surface area contributed by atoms with E-state index in [-0.39, 0.29) is 5.56 Å². The van der Waals surface area contributed by atoms with Gasteiger partial charge in [0.1, 0.15) is 35.1 Å². The highest BCUT2D eigenvalue weighted by molar-refractivity contribution is 7.99. The summed E-state index contributed by atoms with van der Waals surface area (Å²) in [6.07, 6.45) is 1.71. The Morgan fingerprint density at radius 3 is 1.74 bits per heavy atom. The molecule has 0 aliphatic carbocycles. The first-order valence-corrected chi connectivity index (χ1v) is 11.4. The van der Waals surface area contributed by atoms with Gasteiger partial charge in [0.05, 0.1) is 11.1 Å². The molecule has 35 heavy (non-hydrogen) atoms. The van der Waals surface area contributed by atoms with Crippen molar-refractivity contribution in [2.45, 2.75) is 9.79 Å². The Labute approximate surface area is 207 Å². The highest BCUT2D eigenvalue weighted by atomic mass is 32.2. The van der Waals surface area contributed by atoms with Crippen molar-refractivity contribution in [1.29, 1.82) is 10.5 Å². The Morgan fingerprint density at radius 2 is 1.23 bits per heavy atom. The lowest BCUT2D eigenvalue weighted by atomic mass is 10.1. The van der Waals surface area contributed by atoms with Gasteiger partial charge in [0, 0.05) is 40.4 Å². The van der Waals surface area contributed by atoms with Crippen LogP contribution in [0, 0.1) is 22.7 Å². The third kappa shape index (κ3) is 6.00. The monoisotopic (exact) mass is 476 g/mol. The summed E-state index contributed by atoms with van der Waals surface area (Å²) in [6, 6.07) is 29.8. The Morgan fingerprint density at radius 1 is 0.714 bits per heavy atom. The number of nitrogens with two attached hydrogens (primary N) is 1. The molecule has 7 heteroatoms. The van der Waals surface area contributed by atoms with Crippen LogP contribution in [-0.4, -0.2) is 13.3 Å². The fourth-order valence-corrected chi connectivity index (χ4v) is 4.03. The van der Waals surface area contributed by atoms with Gasteiger partial charge in [0.25, 0.3) is 0 Å². The van der Waals surface area contributed by atoms with Gasteiger partial charge in [0.15, 0.2) is 0 Å². The minimum atomic E-state index is 0.288. The molecule has 0 aromatic heterocycles. The van der Waals surface area contributed by atoms with Gasteiger partial charge >= 0.3 is 0 Å². The molecule has 0 spiro atoms. The van der Waals surface area contributed by atoms with E-state index in [0.717, 1.165) is 15.4 Å². The second kappa shape index (κ2) is 10.9. The van der Waals surface area contributed by atoms with Crippen molar-refractivity contribution in [3.05, 3.63) is 102 Å². The van der Waals surface area contributed by atoms with E-state index < -0.39 is 0 Å². The molecule has 4 rings (SSSR count). The molecular formula is C28H20N4O2S. The number of nitrogens with zero attached hydrogens (tertiary/aromatic N) is 3. The summed E-state index contributed by atoms with van der Waals surface area (Å²) in [4.78, 5) is 6.09. The molecule has 4 aromatic carbocycles. The van der Waals surface area contributed by atoms with Crippen LogP contribution in [0.5, 0.6) is 23.0 Å². The molecule has 0 aliphatic heterocycles. The summed E-state index contributed by atoms with van der Waals surface area (Å²) >= 11 is 1.61. The van der Waals surface area contributed by atoms with Crippen molar-refractivity contribution < 1.29 is 9.47 Å². The Kier molecular flexibility index (Phi) is 7.32. The molecule has 0 saturated heterocycles. The zero-order valence-corrected chi connectivity index (χ0v) is 19.6. The maximum absolute atomic E-state index is 9.17. The second-order valence-corrected chi connectivity index (χ2v) is 8.50. The molecule has 0 fully saturated rings. The van der Waals surface area contributed by atoms with Crippen LogP contribution in [0.2, 0.25) is 0 Å². The third-order valence-corrected chi connectivity index (χ3v) is 5.93. The summed E-state index contributed by atoms with van der Waals surface area (Å²) in [6.45, 7) is 0. The topological polar surface area (TPSA) is 104 Å². The number of ether oxygens (including phenoxy) is 2. The molecule has 0 amide bonds. The number of rotatable bonds is 7. The number of nitriles is 2. The predicted octanol–water partition coefficient (Wildman–Crippen LogP) is 6.80. The molecular weight excluding hydrogens is 456 g/mol. The van der Waals surface area contributed by atoms with Gasteiger partial charge in [-0.05, 0) is 78.9 Å². The maximum Gasteiger partial charge on any atom is 0.129 e. The summed E-state index contributed by atoms with van der Waals surface area (Å²) in [7, 11) is 1.70. The lowest BCUT2D eigenvalue weighted by Gasteiger charge is -2.09. The van der Waals surface area contributed by atoms with Crippen LogP contribution in [0.1, 0.15) is 16.7 Å². The van der Waals surface area contributed by atoms with E-state index in [4.69, 9.17) is 25.7 Å². The van der Waals surface area contributed by atoms with Crippen molar-refractivity contribution in [2.75, 3.05) is 12.8 Å². The van der Waals surface area contributed by atoms with Crippen LogP contribution in [-0.2, 0) is 0 Å². The van der Waals surface area contributed by atoms with E-state index >= 15 is 0 Å². The third-order valence-electron chi connectivity index (χ3n) is 4.91. The first-order chi connectivity index (χ1) is 17.1. The molecule has 170 valence electrons. The van der Waals surface area contributed by atoms with Gasteiger partial charge in [-0.1, -0.05) is 11.8 Å². The smallest absolute Gasteiger partial charge is 0.129 e. The van der Waals surface area contributed by atoms with Gasteiger partial charge in [-0.2, -0.15) is 10.5 Å². The number of nitrogen functional groups attached to an aromatic ring is 1. The summed E-state index contributed by atoms with van der Waals surface area (Å²) in [5, 5.41) is 18.2. The number of hydrogen-bond acceptors (Lipinski definition) is 7. The average molecular weight is 477 g/mol. The molecule has 0 unspecified atom stereocenters. The average Bonchev–Trinajstić information content (AvgIpc) is 2.88. The van der Waals surface area contributed by atoms with Crippen molar-refractivity contribution in [2.24, 2.45) is 4.99 Å². The van der Waals surface area contributed by atoms with Crippen LogP contribution in [0.4, 0.5) is 5.69 Å². The zero-order chi connectivity index (χ0) is 24.6. The van der Waals surface area contributed by atoms with Crippen molar-refractivity contribution in [3.63, 3.8) is 0 Å². The normalized spacial score (nSPS) is 10.5. The van der Waals surface area contributed by atoms with Crippen LogP contribution in [0.25, 0.3) is 0 Å². The summed E-state index contributed by atoms with van der Waals surface area (Å²) in [5.74, 6) is 2.53. The van der Waals surface area contributed by atoms with E-state index in [1.807, 2.05) is 72.8 Å². The number of hydrogen-bond donors (Lipinski definition) is 1. The minimum Gasteiger partial charge on any atom is -0.457 e. The highest BCUT2D eigenvalue weighted by Gasteiger charge is 2.06. The maximum atomic E-state index is 9.17. The molecule has 0 bridgehead atoms. The molecule has 2 N–H and O–H groups in total.